The Balaban J connectivity index is 1.60. The van der Waals surface area contributed by atoms with Crippen molar-refractivity contribution in [3.8, 4) is 17.2 Å². The van der Waals surface area contributed by atoms with E-state index < -0.39 is 0 Å². The summed E-state index contributed by atoms with van der Waals surface area (Å²) in [6.07, 6.45) is 3.01. The molecule has 1 amide bonds. The molecule has 26 heavy (non-hydrogen) atoms. The second-order valence-electron chi connectivity index (χ2n) is 6.41. The first-order valence-electron chi connectivity index (χ1n) is 8.81. The zero-order valence-corrected chi connectivity index (χ0v) is 15.5. The number of methoxy groups -OCH3 is 3. The molecule has 0 heterocycles. The lowest BCUT2D eigenvalue weighted by Gasteiger charge is -2.16. The van der Waals surface area contributed by atoms with Crippen molar-refractivity contribution in [2.24, 2.45) is 0 Å². The van der Waals surface area contributed by atoms with E-state index in [1.807, 2.05) is 36.4 Å². The van der Waals surface area contributed by atoms with Gasteiger partial charge in [0.2, 0.25) is 5.91 Å². The first kappa shape index (κ1) is 18.1. The van der Waals surface area contributed by atoms with Crippen LogP contribution in [0.15, 0.2) is 36.4 Å². The minimum Gasteiger partial charge on any atom is -0.497 e. The van der Waals surface area contributed by atoms with Gasteiger partial charge in [-0.05, 0) is 60.2 Å². The number of hydrogen-bond acceptors (Lipinski definition) is 4. The number of aryl methyl sites for hydroxylation is 2. The molecule has 2 aromatic carbocycles. The summed E-state index contributed by atoms with van der Waals surface area (Å²) in [5, 5.41) is 3.16. The first-order chi connectivity index (χ1) is 12.6. The van der Waals surface area contributed by atoms with E-state index in [1.54, 1.807) is 21.3 Å². The van der Waals surface area contributed by atoms with Crippen molar-refractivity contribution < 1.29 is 19.0 Å². The first-order valence-corrected chi connectivity index (χ1v) is 8.81. The third-order valence-electron chi connectivity index (χ3n) is 4.86. The van der Waals surface area contributed by atoms with Gasteiger partial charge in [0.1, 0.15) is 5.75 Å². The molecule has 138 valence electrons. The Labute approximate surface area is 154 Å². The molecule has 0 saturated carbocycles. The lowest BCUT2D eigenvalue weighted by molar-refractivity contribution is -0.121. The van der Waals surface area contributed by atoms with Crippen molar-refractivity contribution in [2.45, 2.75) is 31.7 Å². The molecule has 1 aliphatic carbocycles. The molecule has 5 heteroatoms. The molecule has 5 nitrogen and oxygen atoms in total. The number of nitrogens with one attached hydrogen (secondary N) is 1. The van der Waals surface area contributed by atoms with E-state index in [-0.39, 0.29) is 11.9 Å². The van der Waals surface area contributed by atoms with E-state index >= 15 is 0 Å². The summed E-state index contributed by atoms with van der Waals surface area (Å²) in [5.74, 6) is 2.32. The summed E-state index contributed by atoms with van der Waals surface area (Å²) in [7, 11) is 4.91. The summed E-state index contributed by atoms with van der Waals surface area (Å²) >= 11 is 0. The fourth-order valence-electron chi connectivity index (χ4n) is 3.40. The van der Waals surface area contributed by atoms with Crippen molar-refractivity contribution in [1.29, 1.82) is 0 Å². The maximum Gasteiger partial charge on any atom is 0.220 e. The summed E-state index contributed by atoms with van der Waals surface area (Å²) in [6, 6.07) is 11.9. The van der Waals surface area contributed by atoms with Crippen LogP contribution in [0, 0.1) is 0 Å². The van der Waals surface area contributed by atoms with Crippen LogP contribution >= 0.6 is 0 Å². The van der Waals surface area contributed by atoms with Gasteiger partial charge in [-0.2, -0.15) is 0 Å². The van der Waals surface area contributed by atoms with E-state index in [2.05, 4.69) is 5.32 Å². The zero-order chi connectivity index (χ0) is 18.5. The van der Waals surface area contributed by atoms with E-state index in [1.165, 1.54) is 5.56 Å². The van der Waals surface area contributed by atoms with Gasteiger partial charge in [0, 0.05) is 6.42 Å². The van der Waals surface area contributed by atoms with Crippen LogP contribution in [0.3, 0.4) is 0 Å². The molecule has 1 aliphatic rings. The third kappa shape index (κ3) is 3.93. The zero-order valence-electron chi connectivity index (χ0n) is 15.5. The van der Waals surface area contributed by atoms with Crippen LogP contribution in [0.2, 0.25) is 0 Å². The quantitative estimate of drug-likeness (QED) is 0.826. The topological polar surface area (TPSA) is 56.8 Å². The highest BCUT2D eigenvalue weighted by molar-refractivity contribution is 5.77. The summed E-state index contributed by atoms with van der Waals surface area (Å²) in [6.45, 7) is 0. The van der Waals surface area contributed by atoms with Crippen LogP contribution < -0.4 is 19.5 Å². The number of benzene rings is 2. The number of rotatable bonds is 7. The molecule has 0 fully saturated rings. The number of hydrogen-bond donors (Lipinski definition) is 1. The molecule has 0 spiro atoms. The number of carbonyl (C=O) groups is 1. The van der Waals surface area contributed by atoms with Crippen LogP contribution in [0.5, 0.6) is 17.2 Å². The van der Waals surface area contributed by atoms with Crippen LogP contribution in [0.4, 0.5) is 0 Å². The number of ether oxygens (including phenoxy) is 3. The standard InChI is InChI=1S/C21H25NO4/c1-24-16-8-4-14(5-9-16)6-11-21(23)22-18-10-7-15-12-19(25-2)20(26-3)13-17(15)18/h4-5,8-9,12-13,18H,6-7,10-11H2,1-3H3,(H,22,23). The van der Waals surface area contributed by atoms with Gasteiger partial charge in [-0.15, -0.1) is 0 Å². The summed E-state index contributed by atoms with van der Waals surface area (Å²) in [4.78, 5) is 12.4. The van der Waals surface area contributed by atoms with Crippen LogP contribution in [0.25, 0.3) is 0 Å². The Hall–Kier alpha value is -2.69. The van der Waals surface area contributed by atoms with Crippen LogP contribution in [-0.2, 0) is 17.6 Å². The van der Waals surface area contributed by atoms with Gasteiger partial charge in [-0.25, -0.2) is 0 Å². The monoisotopic (exact) mass is 355 g/mol. The van der Waals surface area contributed by atoms with Gasteiger partial charge in [-0.3, -0.25) is 4.79 Å². The fourth-order valence-corrected chi connectivity index (χ4v) is 3.40. The molecular weight excluding hydrogens is 330 g/mol. The fraction of sp³-hybridized carbons (Fsp3) is 0.381. The number of amides is 1. The molecule has 0 aromatic heterocycles. The van der Waals surface area contributed by atoms with Gasteiger partial charge in [0.15, 0.2) is 11.5 Å². The Morgan fingerprint density at radius 1 is 1.04 bits per heavy atom. The average Bonchev–Trinajstić information content (AvgIpc) is 3.07. The molecule has 0 aliphatic heterocycles. The van der Waals surface area contributed by atoms with Gasteiger partial charge in [-0.1, -0.05) is 12.1 Å². The maximum atomic E-state index is 12.4. The molecule has 1 atom stereocenters. The maximum absolute atomic E-state index is 12.4. The predicted molar refractivity (Wildman–Crippen MR) is 100 cm³/mol. The number of carbonyl (C=O) groups excluding carboxylic acids is 1. The molecule has 0 saturated heterocycles. The largest absolute Gasteiger partial charge is 0.497 e. The lowest BCUT2D eigenvalue weighted by atomic mass is 10.1. The molecule has 2 aromatic rings. The molecule has 1 unspecified atom stereocenters. The van der Waals surface area contributed by atoms with Crippen LogP contribution in [-0.4, -0.2) is 27.2 Å². The molecular formula is C21H25NO4. The van der Waals surface area contributed by atoms with E-state index in [0.29, 0.717) is 18.6 Å². The van der Waals surface area contributed by atoms with E-state index in [4.69, 9.17) is 14.2 Å². The van der Waals surface area contributed by atoms with Gasteiger partial charge < -0.3 is 19.5 Å². The average molecular weight is 355 g/mol. The second-order valence-corrected chi connectivity index (χ2v) is 6.41. The van der Waals surface area contributed by atoms with Crippen molar-refractivity contribution in [1.82, 2.24) is 5.32 Å². The van der Waals surface area contributed by atoms with Gasteiger partial charge in [0.25, 0.3) is 0 Å². The Morgan fingerprint density at radius 2 is 1.73 bits per heavy atom. The highest BCUT2D eigenvalue weighted by Crippen LogP contribution is 2.39. The highest BCUT2D eigenvalue weighted by Gasteiger charge is 2.26. The van der Waals surface area contributed by atoms with Gasteiger partial charge >= 0.3 is 0 Å². The van der Waals surface area contributed by atoms with E-state index in [9.17, 15) is 4.79 Å². The Morgan fingerprint density at radius 3 is 2.38 bits per heavy atom. The van der Waals surface area contributed by atoms with Crippen LogP contribution in [0.1, 0.15) is 35.6 Å². The van der Waals surface area contributed by atoms with Crippen molar-refractivity contribution in [2.75, 3.05) is 21.3 Å². The second kappa shape index (κ2) is 8.13. The molecule has 3 rings (SSSR count). The summed E-state index contributed by atoms with van der Waals surface area (Å²) in [5.41, 5.74) is 3.46. The Kier molecular flexibility index (Phi) is 5.66. The normalized spacial score (nSPS) is 15.3. The molecule has 0 bridgehead atoms. The third-order valence-corrected chi connectivity index (χ3v) is 4.86. The minimum atomic E-state index is 0.0353. The number of fused-ring (bicyclic) bond motifs is 1. The highest BCUT2D eigenvalue weighted by atomic mass is 16.5. The molecule has 1 N–H and O–H groups in total. The van der Waals surface area contributed by atoms with Crippen molar-refractivity contribution in [3.05, 3.63) is 53.1 Å². The Bertz CT molecular complexity index is 770. The van der Waals surface area contributed by atoms with Crippen molar-refractivity contribution in [3.63, 3.8) is 0 Å². The molecule has 0 radical (unpaired) electrons. The SMILES string of the molecule is COc1ccc(CCC(=O)NC2CCc3cc(OC)c(OC)cc32)cc1. The van der Waals surface area contributed by atoms with Crippen molar-refractivity contribution >= 4 is 5.91 Å². The lowest BCUT2D eigenvalue weighted by Crippen LogP contribution is -2.27. The predicted octanol–water partition coefficient (Wildman–Crippen LogP) is 3.45. The smallest absolute Gasteiger partial charge is 0.220 e. The van der Waals surface area contributed by atoms with E-state index in [0.717, 1.165) is 35.5 Å². The van der Waals surface area contributed by atoms with Gasteiger partial charge in [0.05, 0.1) is 27.4 Å². The summed E-state index contributed by atoms with van der Waals surface area (Å²) < 4.78 is 15.9. The minimum absolute atomic E-state index is 0.0353.